The largest absolute Gasteiger partial charge is 0.495 e. The van der Waals surface area contributed by atoms with E-state index in [9.17, 15) is 4.79 Å². The summed E-state index contributed by atoms with van der Waals surface area (Å²) in [4.78, 5) is 14.6. The van der Waals surface area contributed by atoms with Gasteiger partial charge in [0, 0.05) is 23.7 Å². The van der Waals surface area contributed by atoms with Crippen LogP contribution in [0.4, 0.5) is 0 Å². The fourth-order valence-corrected chi connectivity index (χ4v) is 3.84. The second-order valence-electron chi connectivity index (χ2n) is 5.87. The highest BCUT2D eigenvalue weighted by Crippen LogP contribution is 2.39. The van der Waals surface area contributed by atoms with Crippen LogP contribution < -0.4 is 4.74 Å². The van der Waals surface area contributed by atoms with Crippen molar-refractivity contribution in [2.24, 2.45) is 5.92 Å². The van der Waals surface area contributed by atoms with E-state index in [0.29, 0.717) is 29.3 Å². The molecule has 1 aliphatic carbocycles. The molecule has 1 heterocycles. The monoisotopic (exact) mass is 293 g/mol. The molecule has 1 aliphatic heterocycles. The van der Waals surface area contributed by atoms with E-state index < -0.39 is 0 Å². The summed E-state index contributed by atoms with van der Waals surface area (Å²) in [5, 5.41) is 0.587. The number of rotatable bonds is 2. The first kappa shape index (κ1) is 13.7. The van der Waals surface area contributed by atoms with Crippen molar-refractivity contribution in [1.82, 2.24) is 4.90 Å². The molecule has 108 valence electrons. The zero-order valence-electron chi connectivity index (χ0n) is 12.0. The van der Waals surface area contributed by atoms with Crippen molar-refractivity contribution in [3.05, 3.63) is 28.3 Å². The minimum Gasteiger partial charge on any atom is -0.495 e. The Balaban J connectivity index is 1.92. The minimum absolute atomic E-state index is 0.128. The van der Waals surface area contributed by atoms with Crippen molar-refractivity contribution in [3.8, 4) is 5.75 Å². The Bertz CT molecular complexity index is 544. The lowest BCUT2D eigenvalue weighted by molar-refractivity contribution is 0.0579. The molecule has 1 aromatic rings. The Morgan fingerprint density at radius 2 is 2.05 bits per heavy atom. The number of amides is 1. The van der Waals surface area contributed by atoms with E-state index in [2.05, 4.69) is 6.92 Å². The lowest BCUT2D eigenvalue weighted by Gasteiger charge is -2.36. The van der Waals surface area contributed by atoms with Crippen molar-refractivity contribution in [2.45, 2.75) is 45.2 Å². The molecule has 0 N–H and O–H groups in total. The zero-order valence-corrected chi connectivity index (χ0v) is 12.7. The molecule has 3 nitrogen and oxygen atoms in total. The SMILES string of the molecule is COc1ccc2c(c1Cl)CN(C1CCCCC1C)C2=O. The van der Waals surface area contributed by atoms with Crippen LogP contribution in [0.3, 0.4) is 0 Å². The highest BCUT2D eigenvalue weighted by Gasteiger charge is 2.37. The molecule has 1 saturated carbocycles. The molecule has 2 atom stereocenters. The summed E-state index contributed by atoms with van der Waals surface area (Å²) < 4.78 is 5.25. The van der Waals surface area contributed by atoms with Gasteiger partial charge in [0.15, 0.2) is 0 Å². The molecule has 1 aromatic carbocycles. The minimum atomic E-state index is 0.128. The summed E-state index contributed by atoms with van der Waals surface area (Å²) in [6.07, 6.45) is 4.81. The van der Waals surface area contributed by atoms with Gasteiger partial charge in [0.05, 0.1) is 12.1 Å². The van der Waals surface area contributed by atoms with Gasteiger partial charge in [-0.1, -0.05) is 31.4 Å². The molecule has 0 spiro atoms. The molecule has 2 unspecified atom stereocenters. The summed E-state index contributed by atoms with van der Waals surface area (Å²) in [6, 6.07) is 3.98. The molecule has 1 amide bonds. The predicted octanol–water partition coefficient (Wildman–Crippen LogP) is 3.88. The summed E-state index contributed by atoms with van der Waals surface area (Å²) in [5.74, 6) is 1.35. The second kappa shape index (κ2) is 5.28. The smallest absolute Gasteiger partial charge is 0.254 e. The van der Waals surface area contributed by atoms with Crippen molar-refractivity contribution < 1.29 is 9.53 Å². The Morgan fingerprint density at radius 3 is 2.75 bits per heavy atom. The predicted molar refractivity (Wildman–Crippen MR) is 79.3 cm³/mol. The van der Waals surface area contributed by atoms with Gasteiger partial charge in [-0.25, -0.2) is 0 Å². The standard InChI is InChI=1S/C16H20ClNO2/c1-10-5-3-4-6-13(10)18-9-12-11(16(18)19)7-8-14(20-2)15(12)17/h7-8,10,13H,3-6,9H2,1-2H3. The molecule has 0 saturated heterocycles. The van der Waals surface area contributed by atoms with Crippen LogP contribution in [0.2, 0.25) is 5.02 Å². The third kappa shape index (κ3) is 2.08. The first-order chi connectivity index (χ1) is 9.63. The van der Waals surface area contributed by atoms with Gasteiger partial charge in [-0.2, -0.15) is 0 Å². The van der Waals surface area contributed by atoms with Gasteiger partial charge in [0.2, 0.25) is 0 Å². The lowest BCUT2D eigenvalue weighted by Crippen LogP contribution is -2.41. The van der Waals surface area contributed by atoms with Crippen LogP contribution in [-0.4, -0.2) is 24.0 Å². The number of ether oxygens (including phenoxy) is 1. The Morgan fingerprint density at radius 1 is 1.30 bits per heavy atom. The van der Waals surface area contributed by atoms with E-state index in [-0.39, 0.29) is 5.91 Å². The number of benzene rings is 1. The van der Waals surface area contributed by atoms with Gasteiger partial charge < -0.3 is 9.64 Å². The third-order valence-electron chi connectivity index (χ3n) is 4.71. The molecule has 0 bridgehead atoms. The van der Waals surface area contributed by atoms with Crippen molar-refractivity contribution >= 4 is 17.5 Å². The summed E-state index contributed by atoms with van der Waals surface area (Å²) in [5.41, 5.74) is 1.67. The normalized spacial score (nSPS) is 25.8. The fourth-order valence-electron chi connectivity index (χ4n) is 3.54. The number of carbonyl (C=O) groups is 1. The maximum absolute atomic E-state index is 12.6. The van der Waals surface area contributed by atoms with E-state index in [0.717, 1.165) is 17.5 Å². The third-order valence-corrected chi connectivity index (χ3v) is 5.13. The van der Waals surface area contributed by atoms with Crippen molar-refractivity contribution in [3.63, 3.8) is 0 Å². The van der Waals surface area contributed by atoms with Gasteiger partial charge in [-0.15, -0.1) is 0 Å². The lowest BCUT2D eigenvalue weighted by atomic mass is 9.85. The highest BCUT2D eigenvalue weighted by molar-refractivity contribution is 6.33. The van der Waals surface area contributed by atoms with Crippen LogP contribution in [0.25, 0.3) is 0 Å². The van der Waals surface area contributed by atoms with E-state index >= 15 is 0 Å². The van der Waals surface area contributed by atoms with Crippen LogP contribution in [0.1, 0.15) is 48.5 Å². The number of fused-ring (bicyclic) bond motifs is 1. The number of carbonyl (C=O) groups excluding carboxylic acids is 1. The van der Waals surface area contributed by atoms with Gasteiger partial charge in [0.1, 0.15) is 5.75 Å². The van der Waals surface area contributed by atoms with Crippen LogP contribution in [0, 0.1) is 5.92 Å². The van der Waals surface area contributed by atoms with Gasteiger partial charge in [-0.05, 0) is 30.9 Å². The van der Waals surface area contributed by atoms with Crippen molar-refractivity contribution in [2.75, 3.05) is 7.11 Å². The molecule has 0 aromatic heterocycles. The average Bonchev–Trinajstić information content (AvgIpc) is 2.78. The summed E-state index contributed by atoms with van der Waals surface area (Å²) in [6.45, 7) is 2.88. The van der Waals surface area contributed by atoms with Gasteiger partial charge >= 0.3 is 0 Å². The van der Waals surface area contributed by atoms with Crippen molar-refractivity contribution in [1.29, 1.82) is 0 Å². The number of hydrogen-bond acceptors (Lipinski definition) is 2. The van der Waals surface area contributed by atoms with Crippen LogP contribution in [0.15, 0.2) is 12.1 Å². The number of nitrogens with zero attached hydrogens (tertiary/aromatic N) is 1. The second-order valence-corrected chi connectivity index (χ2v) is 6.25. The molecule has 20 heavy (non-hydrogen) atoms. The first-order valence-corrected chi connectivity index (χ1v) is 7.67. The molecule has 3 rings (SSSR count). The molecular weight excluding hydrogens is 274 g/mol. The van der Waals surface area contributed by atoms with Gasteiger partial charge in [-0.3, -0.25) is 4.79 Å². The van der Waals surface area contributed by atoms with Crippen LogP contribution in [0.5, 0.6) is 5.75 Å². The quantitative estimate of drug-likeness (QED) is 0.828. The van der Waals surface area contributed by atoms with Crippen LogP contribution >= 0.6 is 11.6 Å². The summed E-state index contributed by atoms with van der Waals surface area (Å²) in [7, 11) is 1.60. The van der Waals surface area contributed by atoms with E-state index in [1.165, 1.54) is 19.3 Å². The molecule has 2 aliphatic rings. The van der Waals surface area contributed by atoms with E-state index in [4.69, 9.17) is 16.3 Å². The molecule has 4 heteroatoms. The Hall–Kier alpha value is -1.22. The zero-order chi connectivity index (χ0) is 14.3. The summed E-state index contributed by atoms with van der Waals surface area (Å²) >= 11 is 6.36. The molecular formula is C16H20ClNO2. The number of halogens is 1. The van der Waals surface area contributed by atoms with E-state index in [1.807, 2.05) is 11.0 Å². The van der Waals surface area contributed by atoms with Gasteiger partial charge in [0.25, 0.3) is 5.91 Å². The number of methoxy groups -OCH3 is 1. The highest BCUT2D eigenvalue weighted by atomic mass is 35.5. The maximum atomic E-state index is 12.6. The topological polar surface area (TPSA) is 29.5 Å². The average molecular weight is 294 g/mol. The van der Waals surface area contributed by atoms with Crippen LogP contribution in [-0.2, 0) is 6.54 Å². The maximum Gasteiger partial charge on any atom is 0.254 e. The first-order valence-electron chi connectivity index (χ1n) is 7.29. The fraction of sp³-hybridized carbons (Fsp3) is 0.562. The number of hydrogen-bond donors (Lipinski definition) is 0. The molecule has 0 radical (unpaired) electrons. The van der Waals surface area contributed by atoms with E-state index in [1.54, 1.807) is 13.2 Å². The molecule has 1 fully saturated rings. The Labute approximate surface area is 124 Å². The Kier molecular flexibility index (Phi) is 3.63.